The minimum atomic E-state index is -0.498. The molecule has 128 valence electrons. The number of amides is 3. The van der Waals surface area contributed by atoms with Gasteiger partial charge in [0, 0.05) is 12.6 Å². The number of imide groups is 1. The summed E-state index contributed by atoms with van der Waals surface area (Å²) in [4.78, 5) is 23.3. The third-order valence-electron chi connectivity index (χ3n) is 3.20. The van der Waals surface area contributed by atoms with Gasteiger partial charge in [-0.05, 0) is 52.3 Å². The Kier molecular flexibility index (Phi) is 7.54. The van der Waals surface area contributed by atoms with Gasteiger partial charge in [0.05, 0.1) is 12.1 Å². The van der Waals surface area contributed by atoms with Gasteiger partial charge in [-0.1, -0.05) is 12.1 Å². The van der Waals surface area contributed by atoms with Crippen molar-refractivity contribution in [3.8, 4) is 5.75 Å². The summed E-state index contributed by atoms with van der Waals surface area (Å²) in [5, 5.41) is 8.00. The first-order valence-electron chi connectivity index (χ1n) is 7.94. The maximum absolute atomic E-state index is 11.9. The molecule has 0 aliphatic rings. The molecule has 0 aliphatic heterocycles. The van der Waals surface area contributed by atoms with Crippen LogP contribution in [0.3, 0.4) is 0 Å². The molecule has 0 aromatic heterocycles. The van der Waals surface area contributed by atoms with Gasteiger partial charge in [-0.2, -0.15) is 0 Å². The van der Waals surface area contributed by atoms with Crippen LogP contribution >= 0.6 is 0 Å². The van der Waals surface area contributed by atoms with E-state index in [0.717, 1.165) is 11.3 Å². The lowest BCUT2D eigenvalue weighted by molar-refractivity contribution is -0.121. The first-order chi connectivity index (χ1) is 10.8. The fraction of sp³-hybridized carbons (Fsp3) is 0.529. The van der Waals surface area contributed by atoms with E-state index in [1.165, 1.54) is 0 Å². The number of nitrogens with one attached hydrogen (secondary N) is 3. The van der Waals surface area contributed by atoms with Crippen molar-refractivity contribution in [1.29, 1.82) is 0 Å². The van der Waals surface area contributed by atoms with Crippen molar-refractivity contribution in [2.45, 2.75) is 52.8 Å². The van der Waals surface area contributed by atoms with E-state index >= 15 is 0 Å². The van der Waals surface area contributed by atoms with Crippen molar-refractivity contribution in [3.05, 3.63) is 29.8 Å². The van der Waals surface area contributed by atoms with Crippen LogP contribution in [0, 0.1) is 0 Å². The van der Waals surface area contributed by atoms with Crippen LogP contribution < -0.4 is 20.7 Å². The van der Waals surface area contributed by atoms with Crippen molar-refractivity contribution in [1.82, 2.24) is 16.0 Å². The average Bonchev–Trinajstić information content (AvgIpc) is 2.46. The van der Waals surface area contributed by atoms with Crippen LogP contribution in [0.1, 0.15) is 46.2 Å². The minimum Gasteiger partial charge on any atom is -0.491 e. The predicted octanol–water partition coefficient (Wildman–Crippen LogP) is 2.36. The Balaban J connectivity index is 2.62. The molecular formula is C17H27N3O3. The number of carbonyl (C=O) groups is 2. The zero-order chi connectivity index (χ0) is 17.4. The number of rotatable bonds is 7. The van der Waals surface area contributed by atoms with Gasteiger partial charge in [0.15, 0.2) is 0 Å². The van der Waals surface area contributed by atoms with Crippen LogP contribution in [0.2, 0.25) is 0 Å². The highest BCUT2D eigenvalue weighted by Crippen LogP contribution is 2.20. The van der Waals surface area contributed by atoms with Gasteiger partial charge < -0.3 is 10.1 Å². The van der Waals surface area contributed by atoms with Gasteiger partial charge in [0.2, 0.25) is 5.91 Å². The second-order valence-electron chi connectivity index (χ2n) is 5.70. The molecule has 3 N–H and O–H groups in total. The minimum absolute atomic E-state index is 0.0549. The van der Waals surface area contributed by atoms with E-state index in [2.05, 4.69) is 16.0 Å². The fourth-order valence-electron chi connectivity index (χ4n) is 2.10. The Morgan fingerprint density at radius 1 is 1.17 bits per heavy atom. The van der Waals surface area contributed by atoms with Crippen LogP contribution in [0.5, 0.6) is 5.75 Å². The van der Waals surface area contributed by atoms with Crippen molar-refractivity contribution in [3.63, 3.8) is 0 Å². The third-order valence-corrected chi connectivity index (χ3v) is 3.20. The van der Waals surface area contributed by atoms with E-state index in [4.69, 9.17) is 4.74 Å². The number of ether oxygens (including phenoxy) is 1. The molecule has 0 bridgehead atoms. The zero-order valence-corrected chi connectivity index (χ0v) is 14.5. The summed E-state index contributed by atoms with van der Waals surface area (Å²) in [5.41, 5.74) is 1.01. The van der Waals surface area contributed by atoms with E-state index in [-0.39, 0.29) is 18.1 Å². The molecule has 1 aromatic rings. The second-order valence-corrected chi connectivity index (χ2v) is 5.70. The summed E-state index contributed by atoms with van der Waals surface area (Å²) >= 11 is 0. The van der Waals surface area contributed by atoms with E-state index in [1.807, 2.05) is 45.0 Å². The molecule has 6 nitrogen and oxygen atoms in total. The molecule has 1 aromatic carbocycles. The quantitative estimate of drug-likeness (QED) is 0.720. The van der Waals surface area contributed by atoms with Gasteiger partial charge in [-0.15, -0.1) is 0 Å². The topological polar surface area (TPSA) is 79.5 Å². The SMILES string of the molecule is CCNC(=O)NC(=O)[C@@H](C)N[C@H](C)c1cccc(OC(C)C)c1. The third kappa shape index (κ3) is 6.69. The number of benzene rings is 1. The Morgan fingerprint density at radius 3 is 2.48 bits per heavy atom. The van der Waals surface area contributed by atoms with Gasteiger partial charge >= 0.3 is 6.03 Å². The molecule has 0 heterocycles. The zero-order valence-electron chi connectivity index (χ0n) is 14.5. The molecule has 0 aliphatic carbocycles. The smallest absolute Gasteiger partial charge is 0.321 e. The van der Waals surface area contributed by atoms with Crippen molar-refractivity contribution < 1.29 is 14.3 Å². The van der Waals surface area contributed by atoms with Crippen molar-refractivity contribution in [2.75, 3.05) is 6.54 Å². The van der Waals surface area contributed by atoms with Gasteiger partial charge in [-0.3, -0.25) is 15.4 Å². The Hall–Kier alpha value is -2.08. The molecule has 0 radical (unpaired) electrons. The highest BCUT2D eigenvalue weighted by Gasteiger charge is 2.18. The molecule has 1 rings (SSSR count). The highest BCUT2D eigenvalue weighted by atomic mass is 16.5. The van der Waals surface area contributed by atoms with E-state index in [9.17, 15) is 9.59 Å². The summed E-state index contributed by atoms with van der Waals surface area (Å²) < 4.78 is 5.68. The normalized spacial score (nSPS) is 13.3. The van der Waals surface area contributed by atoms with E-state index < -0.39 is 12.1 Å². The summed E-state index contributed by atoms with van der Waals surface area (Å²) in [6.45, 7) is 9.90. The van der Waals surface area contributed by atoms with E-state index in [0.29, 0.717) is 6.54 Å². The number of urea groups is 1. The monoisotopic (exact) mass is 321 g/mol. The van der Waals surface area contributed by atoms with Crippen LogP contribution in [-0.2, 0) is 4.79 Å². The van der Waals surface area contributed by atoms with Gasteiger partial charge in [0.1, 0.15) is 5.75 Å². The van der Waals surface area contributed by atoms with Crippen LogP contribution in [0.15, 0.2) is 24.3 Å². The van der Waals surface area contributed by atoms with Crippen LogP contribution in [0.25, 0.3) is 0 Å². The maximum Gasteiger partial charge on any atom is 0.321 e. The number of carbonyl (C=O) groups excluding carboxylic acids is 2. The fourth-order valence-corrected chi connectivity index (χ4v) is 2.10. The largest absolute Gasteiger partial charge is 0.491 e. The maximum atomic E-state index is 11.9. The van der Waals surface area contributed by atoms with Crippen LogP contribution in [0.4, 0.5) is 4.79 Å². The summed E-state index contributed by atoms with van der Waals surface area (Å²) in [6, 6.07) is 6.71. The Morgan fingerprint density at radius 2 is 1.87 bits per heavy atom. The molecular weight excluding hydrogens is 294 g/mol. The van der Waals surface area contributed by atoms with Crippen LogP contribution in [-0.4, -0.2) is 30.6 Å². The number of hydrogen-bond acceptors (Lipinski definition) is 4. The first-order valence-corrected chi connectivity index (χ1v) is 7.94. The molecule has 0 saturated heterocycles. The summed E-state index contributed by atoms with van der Waals surface area (Å²) in [5.74, 6) is 0.433. The summed E-state index contributed by atoms with van der Waals surface area (Å²) in [7, 11) is 0. The molecule has 0 fully saturated rings. The molecule has 0 unspecified atom stereocenters. The van der Waals surface area contributed by atoms with Gasteiger partial charge in [-0.25, -0.2) is 4.79 Å². The molecule has 23 heavy (non-hydrogen) atoms. The predicted molar refractivity (Wildman–Crippen MR) is 90.4 cm³/mol. The molecule has 2 atom stereocenters. The average molecular weight is 321 g/mol. The second kappa shape index (κ2) is 9.15. The van der Waals surface area contributed by atoms with Crippen molar-refractivity contribution in [2.24, 2.45) is 0 Å². The lowest BCUT2D eigenvalue weighted by Gasteiger charge is -2.20. The number of hydrogen-bond donors (Lipinski definition) is 3. The lowest BCUT2D eigenvalue weighted by Crippen LogP contribution is -2.48. The Bertz CT molecular complexity index is 532. The standard InChI is InChI=1S/C17H27N3O3/c1-6-18-17(22)20-16(21)13(5)19-12(4)14-8-7-9-15(10-14)23-11(2)3/h7-13,19H,6H2,1-5H3,(H2,18,20,21,22)/t12-,13-/m1/s1. The summed E-state index contributed by atoms with van der Waals surface area (Å²) in [6.07, 6.45) is 0.107. The van der Waals surface area contributed by atoms with Crippen molar-refractivity contribution >= 4 is 11.9 Å². The molecule has 0 saturated carbocycles. The van der Waals surface area contributed by atoms with E-state index in [1.54, 1.807) is 13.8 Å². The van der Waals surface area contributed by atoms with Gasteiger partial charge in [0.25, 0.3) is 0 Å². The highest BCUT2D eigenvalue weighted by molar-refractivity contribution is 5.96. The molecule has 6 heteroatoms. The molecule has 3 amide bonds. The Labute approximate surface area is 138 Å². The first kappa shape index (κ1) is 19.0. The lowest BCUT2D eigenvalue weighted by atomic mass is 10.1. The molecule has 0 spiro atoms.